The molecule has 2 rings (SSSR count). The Hall–Kier alpha value is -2.27. The number of likely N-dealkylation sites (N-methyl/N-ethyl adjacent to an activating group) is 1. The Balaban J connectivity index is 2.07. The van der Waals surface area contributed by atoms with Crippen LogP contribution in [0.15, 0.2) is 48.5 Å². The summed E-state index contributed by atoms with van der Waals surface area (Å²) < 4.78 is 0. The monoisotopic (exact) mass is 384 g/mol. The third-order valence-corrected chi connectivity index (χ3v) is 5.05. The summed E-state index contributed by atoms with van der Waals surface area (Å²) in [7, 11) is 1.78. The van der Waals surface area contributed by atoms with Gasteiger partial charge in [0.1, 0.15) is 6.04 Å². The van der Waals surface area contributed by atoms with Crippen molar-refractivity contribution in [3.8, 4) is 0 Å². The second-order valence-electron chi connectivity index (χ2n) is 6.86. The van der Waals surface area contributed by atoms with Crippen LogP contribution in [0.2, 0.25) is 0 Å². The van der Waals surface area contributed by atoms with Crippen molar-refractivity contribution in [1.29, 1.82) is 0 Å². The van der Waals surface area contributed by atoms with Crippen LogP contribution < -0.4 is 5.32 Å². The van der Waals surface area contributed by atoms with Crippen molar-refractivity contribution in [2.75, 3.05) is 19.1 Å². The lowest BCUT2D eigenvalue weighted by Gasteiger charge is -2.25. The zero-order valence-corrected chi connectivity index (χ0v) is 17.3. The molecular weight excluding hydrogens is 356 g/mol. The van der Waals surface area contributed by atoms with Gasteiger partial charge in [0, 0.05) is 19.2 Å². The highest BCUT2D eigenvalue weighted by Gasteiger charge is 2.24. The fourth-order valence-corrected chi connectivity index (χ4v) is 3.30. The fraction of sp³-hybridized carbons (Fsp3) is 0.364. The van der Waals surface area contributed by atoms with E-state index >= 15 is 0 Å². The Bertz CT molecular complexity index is 774. The molecule has 0 aromatic heterocycles. The third-order valence-electron chi connectivity index (χ3n) is 4.41. The summed E-state index contributed by atoms with van der Waals surface area (Å²) in [5, 5.41) is 2.93. The fourth-order valence-electron chi connectivity index (χ4n) is 2.83. The van der Waals surface area contributed by atoms with E-state index in [1.165, 1.54) is 5.56 Å². The van der Waals surface area contributed by atoms with Gasteiger partial charge in [-0.05, 0) is 50.0 Å². The summed E-state index contributed by atoms with van der Waals surface area (Å²) in [6.07, 6.45) is 2.61. The Morgan fingerprint density at radius 3 is 2.41 bits per heavy atom. The molecule has 2 aromatic carbocycles. The van der Waals surface area contributed by atoms with Crippen LogP contribution in [0.3, 0.4) is 0 Å². The summed E-state index contributed by atoms with van der Waals surface area (Å²) >= 11 is 1.67. The molecule has 0 radical (unpaired) electrons. The van der Waals surface area contributed by atoms with E-state index in [-0.39, 0.29) is 11.8 Å². The maximum atomic E-state index is 13.0. The van der Waals surface area contributed by atoms with Gasteiger partial charge in [0.15, 0.2) is 0 Å². The molecule has 0 fully saturated rings. The summed E-state index contributed by atoms with van der Waals surface area (Å²) in [6, 6.07) is 15.0. The second kappa shape index (κ2) is 10.2. The van der Waals surface area contributed by atoms with E-state index in [1.807, 2.05) is 62.6 Å². The predicted molar refractivity (Wildman–Crippen MR) is 113 cm³/mol. The second-order valence-corrected chi connectivity index (χ2v) is 7.84. The molecular formula is C22H28N2O2S. The van der Waals surface area contributed by atoms with Gasteiger partial charge in [-0.25, -0.2) is 0 Å². The number of amides is 2. The molecule has 0 bridgehead atoms. The number of carbonyl (C=O) groups is 2. The van der Waals surface area contributed by atoms with Gasteiger partial charge in [0.25, 0.3) is 5.91 Å². The summed E-state index contributed by atoms with van der Waals surface area (Å²) in [5.41, 5.74) is 3.87. The number of thioether (sulfide) groups is 1. The van der Waals surface area contributed by atoms with Crippen LogP contribution >= 0.6 is 11.8 Å². The molecule has 0 aliphatic rings. The molecule has 0 saturated carbocycles. The summed E-state index contributed by atoms with van der Waals surface area (Å²) in [6.45, 7) is 4.51. The molecule has 0 aliphatic carbocycles. The van der Waals surface area contributed by atoms with Gasteiger partial charge in [-0.15, -0.1) is 0 Å². The van der Waals surface area contributed by atoms with Crippen LogP contribution in [0.25, 0.3) is 0 Å². The number of carbonyl (C=O) groups excluding carboxylic acids is 2. The van der Waals surface area contributed by atoms with Crippen molar-refractivity contribution in [2.45, 2.75) is 32.9 Å². The van der Waals surface area contributed by atoms with Crippen LogP contribution in [0.5, 0.6) is 0 Å². The lowest BCUT2D eigenvalue weighted by atomic mass is 10.1. The topological polar surface area (TPSA) is 49.4 Å². The highest BCUT2D eigenvalue weighted by Crippen LogP contribution is 2.11. The zero-order chi connectivity index (χ0) is 19.8. The molecule has 27 heavy (non-hydrogen) atoms. The van der Waals surface area contributed by atoms with E-state index in [4.69, 9.17) is 0 Å². The quantitative estimate of drug-likeness (QED) is 0.753. The molecule has 1 unspecified atom stereocenters. The maximum absolute atomic E-state index is 13.0. The van der Waals surface area contributed by atoms with Crippen LogP contribution in [0.4, 0.5) is 0 Å². The van der Waals surface area contributed by atoms with Crippen molar-refractivity contribution < 1.29 is 9.59 Å². The standard InChI is InChI=1S/C22H28N2O2S/c1-16-8-10-18(11-9-16)15-24(3)22(26)20(12-13-27-4)23-21(25)19-7-5-6-17(2)14-19/h5-11,14,20H,12-13,15H2,1-4H3,(H,23,25). The van der Waals surface area contributed by atoms with E-state index in [0.717, 1.165) is 16.9 Å². The van der Waals surface area contributed by atoms with Gasteiger partial charge in [-0.2, -0.15) is 11.8 Å². The average Bonchev–Trinajstić information content (AvgIpc) is 2.66. The molecule has 1 N–H and O–H groups in total. The number of benzene rings is 2. The van der Waals surface area contributed by atoms with Crippen LogP contribution in [0, 0.1) is 13.8 Å². The molecule has 2 amide bonds. The van der Waals surface area contributed by atoms with E-state index in [1.54, 1.807) is 29.8 Å². The maximum Gasteiger partial charge on any atom is 0.251 e. The van der Waals surface area contributed by atoms with Gasteiger partial charge in [-0.3, -0.25) is 9.59 Å². The minimum absolute atomic E-state index is 0.0642. The van der Waals surface area contributed by atoms with E-state index < -0.39 is 6.04 Å². The third kappa shape index (κ3) is 6.43. The molecule has 0 saturated heterocycles. The van der Waals surface area contributed by atoms with Gasteiger partial charge >= 0.3 is 0 Å². The molecule has 1 atom stereocenters. The molecule has 0 heterocycles. The highest BCUT2D eigenvalue weighted by atomic mass is 32.2. The first-order chi connectivity index (χ1) is 12.9. The largest absolute Gasteiger partial charge is 0.340 e. The van der Waals surface area contributed by atoms with Crippen molar-refractivity contribution in [3.05, 3.63) is 70.8 Å². The Labute approximate surface area is 166 Å². The van der Waals surface area contributed by atoms with Crippen molar-refractivity contribution in [2.24, 2.45) is 0 Å². The van der Waals surface area contributed by atoms with Crippen molar-refractivity contribution >= 4 is 23.6 Å². The number of hydrogen-bond acceptors (Lipinski definition) is 3. The molecule has 2 aromatic rings. The van der Waals surface area contributed by atoms with Gasteiger partial charge < -0.3 is 10.2 Å². The van der Waals surface area contributed by atoms with Gasteiger partial charge in [0.2, 0.25) is 5.91 Å². The number of rotatable bonds is 8. The molecule has 5 heteroatoms. The van der Waals surface area contributed by atoms with Crippen molar-refractivity contribution in [1.82, 2.24) is 10.2 Å². The van der Waals surface area contributed by atoms with E-state index in [2.05, 4.69) is 5.32 Å². The van der Waals surface area contributed by atoms with Crippen LogP contribution in [-0.2, 0) is 11.3 Å². The molecule has 4 nitrogen and oxygen atoms in total. The predicted octanol–water partition coefficient (Wildman–Crippen LogP) is 3.81. The number of hydrogen-bond donors (Lipinski definition) is 1. The zero-order valence-electron chi connectivity index (χ0n) is 16.5. The lowest BCUT2D eigenvalue weighted by molar-refractivity contribution is -0.132. The van der Waals surface area contributed by atoms with Gasteiger partial charge in [0.05, 0.1) is 0 Å². The summed E-state index contributed by atoms with van der Waals surface area (Å²) in [4.78, 5) is 27.2. The minimum atomic E-state index is -0.527. The first-order valence-electron chi connectivity index (χ1n) is 9.07. The Kier molecular flexibility index (Phi) is 7.92. The summed E-state index contributed by atoms with van der Waals surface area (Å²) in [5.74, 6) is 0.538. The number of nitrogens with zero attached hydrogens (tertiary/aromatic N) is 1. The van der Waals surface area contributed by atoms with Crippen molar-refractivity contribution in [3.63, 3.8) is 0 Å². The minimum Gasteiger partial charge on any atom is -0.340 e. The average molecular weight is 385 g/mol. The Morgan fingerprint density at radius 1 is 1.07 bits per heavy atom. The molecule has 0 spiro atoms. The number of nitrogens with one attached hydrogen (secondary N) is 1. The normalized spacial score (nSPS) is 11.7. The molecule has 0 aliphatic heterocycles. The van der Waals surface area contributed by atoms with Gasteiger partial charge in [-0.1, -0.05) is 47.5 Å². The first-order valence-corrected chi connectivity index (χ1v) is 10.5. The van der Waals surface area contributed by atoms with E-state index in [9.17, 15) is 9.59 Å². The van der Waals surface area contributed by atoms with Crippen LogP contribution in [0.1, 0.15) is 33.5 Å². The SMILES string of the molecule is CSCCC(NC(=O)c1cccc(C)c1)C(=O)N(C)Cc1ccc(C)cc1. The first kappa shape index (κ1) is 21.0. The van der Waals surface area contributed by atoms with Crippen LogP contribution in [-0.4, -0.2) is 41.8 Å². The van der Waals surface area contributed by atoms with E-state index in [0.29, 0.717) is 18.5 Å². The smallest absolute Gasteiger partial charge is 0.251 e. The lowest BCUT2D eigenvalue weighted by Crippen LogP contribution is -2.47. The molecule has 144 valence electrons. The highest BCUT2D eigenvalue weighted by molar-refractivity contribution is 7.98. The Morgan fingerprint density at radius 2 is 1.78 bits per heavy atom. The number of aryl methyl sites for hydroxylation is 2.